The average molecular weight is 400 g/mol. The summed E-state index contributed by atoms with van der Waals surface area (Å²) in [5, 5.41) is 27.7. The van der Waals surface area contributed by atoms with Gasteiger partial charge in [-0.05, 0) is 19.9 Å². The second kappa shape index (κ2) is 6.62. The van der Waals surface area contributed by atoms with Crippen LogP contribution in [0.4, 0.5) is 8.78 Å². The van der Waals surface area contributed by atoms with Crippen molar-refractivity contribution in [3.63, 3.8) is 0 Å². The van der Waals surface area contributed by atoms with Gasteiger partial charge < -0.3 is 10.2 Å². The molecule has 0 spiro atoms. The number of carboxylic acid groups (broad SMARTS) is 1. The van der Waals surface area contributed by atoms with E-state index >= 15 is 0 Å². The van der Waals surface area contributed by atoms with Crippen LogP contribution >= 0.6 is 0 Å². The number of halogens is 2. The number of rotatable bonds is 4. The summed E-state index contributed by atoms with van der Waals surface area (Å²) in [5.74, 6) is -3.09. The Hall–Kier alpha value is -3.89. The predicted molar refractivity (Wildman–Crippen MR) is 96.0 cm³/mol. The van der Waals surface area contributed by atoms with Gasteiger partial charge in [0.1, 0.15) is 22.7 Å². The maximum absolute atomic E-state index is 14.2. The fourth-order valence-corrected chi connectivity index (χ4v) is 3.05. The molecule has 29 heavy (non-hydrogen) atoms. The van der Waals surface area contributed by atoms with Crippen LogP contribution in [0.3, 0.4) is 0 Å². The Bertz CT molecular complexity index is 1270. The molecular formula is C18H14F2N6O3. The highest BCUT2D eigenvalue weighted by Gasteiger charge is 2.23. The number of benzene rings is 1. The van der Waals surface area contributed by atoms with Gasteiger partial charge in [-0.25, -0.2) is 23.2 Å². The lowest BCUT2D eigenvalue weighted by Crippen LogP contribution is -2.11. The van der Waals surface area contributed by atoms with E-state index in [0.29, 0.717) is 5.69 Å². The van der Waals surface area contributed by atoms with E-state index < -0.39 is 29.5 Å². The summed E-state index contributed by atoms with van der Waals surface area (Å²) in [6, 6.07) is 2.54. The molecule has 4 aromatic rings. The number of fused-ring (bicyclic) bond motifs is 1. The van der Waals surface area contributed by atoms with Gasteiger partial charge in [0.25, 0.3) is 5.95 Å². The summed E-state index contributed by atoms with van der Waals surface area (Å²) in [4.78, 5) is 19.3. The molecule has 0 radical (unpaired) electrons. The lowest BCUT2D eigenvalue weighted by molar-refractivity contribution is 0.0697. The topological polar surface area (TPSA) is 119 Å². The Balaban J connectivity index is 1.84. The Labute approximate surface area is 161 Å². The number of aromatic nitrogens is 6. The molecule has 0 amide bonds. The largest absolute Gasteiger partial charge is 0.492 e. The molecule has 1 atom stereocenters. The summed E-state index contributed by atoms with van der Waals surface area (Å²) in [5.41, 5.74) is 0.986. The van der Waals surface area contributed by atoms with E-state index in [0.717, 1.165) is 23.0 Å². The quantitative estimate of drug-likeness (QED) is 0.540. The molecule has 3 heterocycles. The molecule has 0 aliphatic rings. The van der Waals surface area contributed by atoms with Crippen LogP contribution in [0.5, 0.6) is 5.88 Å². The minimum Gasteiger partial charge on any atom is -0.492 e. The number of hydrogen-bond acceptors (Lipinski definition) is 6. The molecule has 4 rings (SSSR count). The van der Waals surface area contributed by atoms with E-state index in [2.05, 4.69) is 20.2 Å². The number of aryl methyl sites for hydroxylation is 1. The highest BCUT2D eigenvalue weighted by molar-refractivity contribution is 5.87. The molecule has 0 unspecified atom stereocenters. The van der Waals surface area contributed by atoms with Crippen LogP contribution in [0.1, 0.15) is 34.6 Å². The van der Waals surface area contributed by atoms with Gasteiger partial charge in [-0.15, -0.1) is 0 Å². The molecule has 0 saturated carbocycles. The number of aromatic carboxylic acids is 1. The minimum atomic E-state index is -1.17. The summed E-state index contributed by atoms with van der Waals surface area (Å²) < 4.78 is 29.9. The van der Waals surface area contributed by atoms with Gasteiger partial charge >= 0.3 is 5.97 Å². The van der Waals surface area contributed by atoms with Crippen molar-refractivity contribution in [3.05, 3.63) is 59.0 Å². The van der Waals surface area contributed by atoms with Crippen molar-refractivity contribution in [2.75, 3.05) is 0 Å². The third-order valence-electron chi connectivity index (χ3n) is 4.50. The van der Waals surface area contributed by atoms with Gasteiger partial charge in [0.2, 0.25) is 5.88 Å². The van der Waals surface area contributed by atoms with Crippen molar-refractivity contribution in [2.24, 2.45) is 0 Å². The van der Waals surface area contributed by atoms with Gasteiger partial charge in [0, 0.05) is 17.8 Å². The van der Waals surface area contributed by atoms with Gasteiger partial charge in [-0.2, -0.15) is 15.2 Å². The lowest BCUT2D eigenvalue weighted by atomic mass is 10.1. The van der Waals surface area contributed by atoms with E-state index in [1.165, 1.54) is 16.9 Å². The fourth-order valence-electron chi connectivity index (χ4n) is 3.05. The first-order valence-electron chi connectivity index (χ1n) is 8.45. The molecule has 148 valence electrons. The standard InChI is InChI=1S/C18H14F2N6O3/c1-8-14-15(26(24-8)9(2)12-4-3-11(19)5-13(12)20)16(27)23-18(22-14)25-7-10(6-21-25)17(28)29/h3-7,9H,1-2H3,(H,28,29)(H,22,23,27)/t9-/m0/s1. The third-order valence-corrected chi connectivity index (χ3v) is 4.50. The summed E-state index contributed by atoms with van der Waals surface area (Å²) >= 11 is 0. The van der Waals surface area contributed by atoms with E-state index in [9.17, 15) is 18.7 Å². The number of aromatic hydroxyl groups is 1. The molecule has 2 N–H and O–H groups in total. The molecule has 0 saturated heterocycles. The first kappa shape index (κ1) is 18.5. The predicted octanol–water partition coefficient (Wildman–Crippen LogP) is 2.61. The monoisotopic (exact) mass is 400 g/mol. The first-order valence-corrected chi connectivity index (χ1v) is 8.45. The van der Waals surface area contributed by atoms with Gasteiger partial charge in [-0.1, -0.05) is 6.07 Å². The van der Waals surface area contributed by atoms with Crippen LogP contribution < -0.4 is 0 Å². The number of nitrogens with zero attached hydrogens (tertiary/aromatic N) is 6. The zero-order valence-electron chi connectivity index (χ0n) is 15.2. The van der Waals surface area contributed by atoms with Crippen molar-refractivity contribution in [2.45, 2.75) is 19.9 Å². The maximum atomic E-state index is 14.2. The molecule has 1 aromatic carbocycles. The molecule has 3 aromatic heterocycles. The fraction of sp³-hybridized carbons (Fsp3) is 0.167. The highest BCUT2D eigenvalue weighted by atomic mass is 19.1. The smallest absolute Gasteiger partial charge is 0.338 e. The van der Waals surface area contributed by atoms with Crippen LogP contribution in [-0.4, -0.2) is 45.7 Å². The number of hydrogen-bond donors (Lipinski definition) is 2. The minimum absolute atomic E-state index is 0.0502. The normalized spacial score (nSPS) is 12.4. The van der Waals surface area contributed by atoms with E-state index in [1.54, 1.807) is 13.8 Å². The van der Waals surface area contributed by atoms with Crippen LogP contribution in [0.25, 0.3) is 17.0 Å². The van der Waals surface area contributed by atoms with E-state index in [-0.39, 0.29) is 28.1 Å². The van der Waals surface area contributed by atoms with Crippen molar-refractivity contribution in [3.8, 4) is 11.8 Å². The van der Waals surface area contributed by atoms with E-state index in [4.69, 9.17) is 5.11 Å². The molecule has 0 fully saturated rings. The van der Waals surface area contributed by atoms with Crippen molar-refractivity contribution in [1.82, 2.24) is 29.5 Å². The Kier molecular flexibility index (Phi) is 4.22. The zero-order valence-corrected chi connectivity index (χ0v) is 15.2. The van der Waals surface area contributed by atoms with Crippen molar-refractivity contribution >= 4 is 17.0 Å². The van der Waals surface area contributed by atoms with Crippen molar-refractivity contribution < 1.29 is 23.8 Å². The summed E-state index contributed by atoms with van der Waals surface area (Å²) in [6.07, 6.45) is 2.34. The van der Waals surface area contributed by atoms with Crippen molar-refractivity contribution in [1.29, 1.82) is 0 Å². The van der Waals surface area contributed by atoms with Gasteiger partial charge in [0.15, 0.2) is 0 Å². The van der Waals surface area contributed by atoms with Crippen LogP contribution in [-0.2, 0) is 0 Å². The van der Waals surface area contributed by atoms with E-state index in [1.807, 2.05) is 0 Å². The Morgan fingerprint density at radius 3 is 2.66 bits per heavy atom. The first-order chi connectivity index (χ1) is 13.8. The maximum Gasteiger partial charge on any atom is 0.338 e. The lowest BCUT2D eigenvalue weighted by Gasteiger charge is -2.15. The molecule has 0 bridgehead atoms. The molecule has 0 aliphatic heterocycles. The van der Waals surface area contributed by atoms with Gasteiger partial charge in [-0.3, -0.25) is 4.68 Å². The van der Waals surface area contributed by atoms with Gasteiger partial charge in [0.05, 0.1) is 23.5 Å². The zero-order chi connectivity index (χ0) is 20.9. The SMILES string of the molecule is Cc1nn([C@@H](C)c2ccc(F)cc2F)c2c(O)nc(-n3cc(C(=O)O)cn3)nc12. The Morgan fingerprint density at radius 1 is 1.24 bits per heavy atom. The second-order valence-corrected chi connectivity index (χ2v) is 6.39. The van der Waals surface area contributed by atoms with Crippen LogP contribution in [0.15, 0.2) is 30.6 Å². The molecule has 9 nitrogen and oxygen atoms in total. The Morgan fingerprint density at radius 2 is 2.00 bits per heavy atom. The molecule has 11 heteroatoms. The molecule has 0 aliphatic carbocycles. The second-order valence-electron chi connectivity index (χ2n) is 6.39. The number of carboxylic acids is 1. The highest BCUT2D eigenvalue weighted by Crippen LogP contribution is 2.31. The average Bonchev–Trinajstić information content (AvgIpc) is 3.27. The summed E-state index contributed by atoms with van der Waals surface area (Å²) in [6.45, 7) is 3.29. The third kappa shape index (κ3) is 3.06. The summed E-state index contributed by atoms with van der Waals surface area (Å²) in [7, 11) is 0. The number of carbonyl (C=O) groups is 1. The van der Waals surface area contributed by atoms with Crippen LogP contribution in [0, 0.1) is 18.6 Å². The van der Waals surface area contributed by atoms with Crippen LogP contribution in [0.2, 0.25) is 0 Å². The molecular weight excluding hydrogens is 386 g/mol.